The number of nitrogens with one attached hydrogen (secondary N) is 1. The minimum Gasteiger partial charge on any atom is -0.493 e. The summed E-state index contributed by atoms with van der Waals surface area (Å²) in [5.41, 5.74) is 3.68. The Morgan fingerprint density at radius 2 is 2.23 bits per heavy atom. The van der Waals surface area contributed by atoms with Crippen molar-refractivity contribution in [3.05, 3.63) is 53.9 Å². The number of ether oxygens (including phenoxy) is 2. The largest absolute Gasteiger partial charge is 0.493 e. The summed E-state index contributed by atoms with van der Waals surface area (Å²) in [6.45, 7) is 2.47. The second-order valence-electron chi connectivity index (χ2n) is 4.28. The van der Waals surface area contributed by atoms with Crippen molar-refractivity contribution in [2.45, 2.75) is 6.92 Å². The maximum Gasteiger partial charge on any atom is 0.272 e. The lowest BCUT2D eigenvalue weighted by Gasteiger charge is -2.09. The van der Waals surface area contributed by atoms with E-state index in [1.54, 1.807) is 37.6 Å². The summed E-state index contributed by atoms with van der Waals surface area (Å²) in [6.07, 6.45) is 4.61. The number of hydrogen-bond donors (Lipinski definition) is 1. The summed E-state index contributed by atoms with van der Waals surface area (Å²) >= 11 is 0. The number of methoxy groups -OCH3 is 1. The summed E-state index contributed by atoms with van der Waals surface area (Å²) < 4.78 is 10.7. The Hall–Kier alpha value is -2.89. The molecule has 1 amide bonds. The molecule has 0 saturated heterocycles. The van der Waals surface area contributed by atoms with Crippen LogP contribution in [0, 0.1) is 0 Å². The van der Waals surface area contributed by atoms with E-state index < -0.39 is 0 Å². The minimum absolute atomic E-state index is 0.317. The molecule has 0 radical (unpaired) electrons. The van der Waals surface area contributed by atoms with Gasteiger partial charge in [0.2, 0.25) is 0 Å². The Bertz CT molecular complexity index is 657. The molecule has 0 atom stereocenters. The van der Waals surface area contributed by atoms with E-state index in [-0.39, 0.29) is 5.91 Å². The second kappa shape index (κ2) is 7.78. The molecule has 2 rings (SSSR count). The first-order valence-electron chi connectivity index (χ1n) is 6.79. The molecule has 6 heteroatoms. The molecule has 0 aliphatic heterocycles. The number of benzene rings is 1. The first-order chi connectivity index (χ1) is 10.7. The van der Waals surface area contributed by atoms with E-state index in [1.165, 1.54) is 12.4 Å². The molecule has 0 saturated carbocycles. The van der Waals surface area contributed by atoms with E-state index in [0.717, 1.165) is 5.56 Å². The van der Waals surface area contributed by atoms with Crippen LogP contribution >= 0.6 is 0 Å². The summed E-state index contributed by atoms with van der Waals surface area (Å²) in [4.78, 5) is 15.7. The maximum absolute atomic E-state index is 11.8. The Morgan fingerprint density at radius 1 is 1.36 bits per heavy atom. The van der Waals surface area contributed by atoms with Crippen LogP contribution in [0.25, 0.3) is 0 Å². The molecule has 0 bridgehead atoms. The zero-order chi connectivity index (χ0) is 15.8. The molecule has 2 aromatic rings. The number of nitrogens with zero attached hydrogens (tertiary/aromatic N) is 2. The van der Waals surface area contributed by atoms with E-state index in [9.17, 15) is 4.79 Å². The van der Waals surface area contributed by atoms with Crippen LogP contribution in [-0.4, -0.2) is 30.8 Å². The lowest BCUT2D eigenvalue weighted by atomic mass is 10.2. The minimum atomic E-state index is -0.317. The molecular formula is C16H17N3O3. The predicted octanol–water partition coefficient (Wildman–Crippen LogP) is 2.25. The predicted molar refractivity (Wildman–Crippen MR) is 83.5 cm³/mol. The van der Waals surface area contributed by atoms with Crippen molar-refractivity contribution >= 4 is 12.1 Å². The van der Waals surface area contributed by atoms with Crippen molar-refractivity contribution in [1.29, 1.82) is 0 Å². The number of aromatic nitrogens is 1. The van der Waals surface area contributed by atoms with Gasteiger partial charge in [0.15, 0.2) is 11.5 Å². The fourth-order valence-electron chi connectivity index (χ4n) is 1.77. The summed E-state index contributed by atoms with van der Waals surface area (Å²) in [5.74, 6) is 0.966. The van der Waals surface area contributed by atoms with Gasteiger partial charge in [-0.2, -0.15) is 5.10 Å². The van der Waals surface area contributed by atoms with Gasteiger partial charge in [-0.3, -0.25) is 9.78 Å². The van der Waals surface area contributed by atoms with Crippen LogP contribution in [0.3, 0.4) is 0 Å². The number of pyridine rings is 1. The van der Waals surface area contributed by atoms with E-state index in [1.807, 2.05) is 13.0 Å². The molecule has 22 heavy (non-hydrogen) atoms. The van der Waals surface area contributed by atoms with Crippen LogP contribution in [0.4, 0.5) is 0 Å². The third-order valence-corrected chi connectivity index (χ3v) is 2.79. The normalized spacial score (nSPS) is 10.5. The second-order valence-corrected chi connectivity index (χ2v) is 4.28. The molecule has 1 aromatic heterocycles. The van der Waals surface area contributed by atoms with Gasteiger partial charge in [0, 0.05) is 12.4 Å². The Balaban J connectivity index is 2.02. The number of hydrazone groups is 1. The molecule has 0 aliphatic carbocycles. The van der Waals surface area contributed by atoms with Crippen LogP contribution in [0.1, 0.15) is 22.8 Å². The molecule has 1 heterocycles. The van der Waals surface area contributed by atoms with Crippen molar-refractivity contribution in [3.63, 3.8) is 0 Å². The van der Waals surface area contributed by atoms with Gasteiger partial charge in [-0.1, -0.05) is 0 Å². The molecule has 0 unspecified atom stereocenters. The van der Waals surface area contributed by atoms with Gasteiger partial charge >= 0.3 is 0 Å². The maximum atomic E-state index is 11.8. The lowest BCUT2D eigenvalue weighted by Crippen LogP contribution is -2.17. The highest BCUT2D eigenvalue weighted by atomic mass is 16.5. The average molecular weight is 299 g/mol. The van der Waals surface area contributed by atoms with E-state index >= 15 is 0 Å². The Kier molecular flexibility index (Phi) is 5.48. The highest BCUT2D eigenvalue weighted by molar-refractivity contribution is 5.94. The third-order valence-electron chi connectivity index (χ3n) is 2.79. The molecule has 0 spiro atoms. The smallest absolute Gasteiger partial charge is 0.272 e. The highest BCUT2D eigenvalue weighted by Gasteiger charge is 2.05. The van der Waals surface area contributed by atoms with Crippen molar-refractivity contribution in [3.8, 4) is 11.5 Å². The van der Waals surface area contributed by atoms with Gasteiger partial charge in [-0.05, 0) is 42.8 Å². The fourth-order valence-corrected chi connectivity index (χ4v) is 1.77. The van der Waals surface area contributed by atoms with Gasteiger partial charge in [0.05, 0.1) is 25.5 Å². The zero-order valence-electron chi connectivity index (χ0n) is 12.4. The topological polar surface area (TPSA) is 72.8 Å². The quantitative estimate of drug-likeness (QED) is 0.656. The molecule has 0 fully saturated rings. The zero-order valence-corrected chi connectivity index (χ0v) is 12.4. The number of amides is 1. The lowest BCUT2D eigenvalue weighted by molar-refractivity contribution is 0.0955. The van der Waals surface area contributed by atoms with Crippen molar-refractivity contribution in [2.24, 2.45) is 5.10 Å². The third kappa shape index (κ3) is 4.05. The van der Waals surface area contributed by atoms with E-state index in [4.69, 9.17) is 9.47 Å². The van der Waals surface area contributed by atoms with Crippen LogP contribution in [0.2, 0.25) is 0 Å². The number of rotatable bonds is 6. The average Bonchev–Trinajstić information content (AvgIpc) is 2.57. The SMILES string of the molecule is CCOc1ccc(/C=N/NC(=O)c2cccnc2)cc1OC. The van der Waals surface area contributed by atoms with Crippen LogP contribution in [-0.2, 0) is 0 Å². The Morgan fingerprint density at radius 3 is 2.91 bits per heavy atom. The summed E-state index contributed by atoms with van der Waals surface area (Å²) in [7, 11) is 1.57. The summed E-state index contributed by atoms with van der Waals surface area (Å²) in [6, 6.07) is 8.76. The standard InChI is InChI=1S/C16H17N3O3/c1-3-22-14-7-6-12(9-15(14)21-2)10-18-19-16(20)13-5-4-8-17-11-13/h4-11H,3H2,1-2H3,(H,19,20)/b18-10+. The van der Waals surface area contributed by atoms with Crippen LogP contribution in [0.5, 0.6) is 11.5 Å². The van der Waals surface area contributed by atoms with Crippen LogP contribution in [0.15, 0.2) is 47.8 Å². The Labute approximate surface area is 128 Å². The van der Waals surface area contributed by atoms with Gasteiger partial charge in [-0.25, -0.2) is 5.43 Å². The first kappa shape index (κ1) is 15.5. The van der Waals surface area contributed by atoms with Crippen molar-refractivity contribution < 1.29 is 14.3 Å². The number of carbonyl (C=O) groups is 1. The molecule has 1 N–H and O–H groups in total. The highest BCUT2D eigenvalue weighted by Crippen LogP contribution is 2.27. The molecule has 1 aromatic carbocycles. The van der Waals surface area contributed by atoms with Gasteiger partial charge in [0.1, 0.15) is 0 Å². The molecule has 6 nitrogen and oxygen atoms in total. The fraction of sp³-hybridized carbons (Fsp3) is 0.188. The first-order valence-corrected chi connectivity index (χ1v) is 6.79. The van der Waals surface area contributed by atoms with Crippen molar-refractivity contribution in [2.75, 3.05) is 13.7 Å². The van der Waals surface area contributed by atoms with Crippen LogP contribution < -0.4 is 14.9 Å². The number of hydrogen-bond acceptors (Lipinski definition) is 5. The molecular weight excluding hydrogens is 282 g/mol. The number of carbonyl (C=O) groups excluding carboxylic acids is 1. The molecule has 114 valence electrons. The van der Waals surface area contributed by atoms with Crippen molar-refractivity contribution in [1.82, 2.24) is 10.4 Å². The van der Waals surface area contributed by atoms with Gasteiger partial charge in [0.25, 0.3) is 5.91 Å². The van der Waals surface area contributed by atoms with Gasteiger partial charge < -0.3 is 9.47 Å². The monoisotopic (exact) mass is 299 g/mol. The molecule has 0 aliphatic rings. The van der Waals surface area contributed by atoms with E-state index in [0.29, 0.717) is 23.7 Å². The van der Waals surface area contributed by atoms with Gasteiger partial charge in [-0.15, -0.1) is 0 Å². The summed E-state index contributed by atoms with van der Waals surface area (Å²) in [5, 5.41) is 3.92. The van der Waals surface area contributed by atoms with E-state index in [2.05, 4.69) is 15.5 Å².